The molecule has 6 atom stereocenters. The van der Waals surface area contributed by atoms with Gasteiger partial charge in [0.25, 0.3) is 0 Å². The molecule has 2 rings (SSSR count). The van der Waals surface area contributed by atoms with Gasteiger partial charge in [0, 0.05) is 12.1 Å². The Morgan fingerprint density at radius 2 is 1.19 bits per heavy atom. The zero-order chi connectivity index (χ0) is 15.2. The maximum absolute atomic E-state index is 6.47. The van der Waals surface area contributed by atoms with Crippen molar-refractivity contribution in [2.24, 2.45) is 23.3 Å². The minimum Gasteiger partial charge on any atom is -0.375 e. The van der Waals surface area contributed by atoms with Crippen LogP contribution in [0.1, 0.15) is 78.1 Å². The first kappa shape index (κ1) is 17.2. The van der Waals surface area contributed by atoms with Gasteiger partial charge in [-0.1, -0.05) is 26.7 Å². The number of ether oxygens (including phenoxy) is 1. The van der Waals surface area contributed by atoms with Crippen LogP contribution in [0.25, 0.3) is 0 Å². The van der Waals surface area contributed by atoms with Crippen LogP contribution in [0.5, 0.6) is 0 Å². The predicted octanol–water partition coefficient (Wildman–Crippen LogP) is 3.60. The van der Waals surface area contributed by atoms with Crippen molar-refractivity contribution in [2.45, 2.75) is 102 Å². The molecule has 2 aliphatic carbocycles. The Hall–Kier alpha value is -0.120. The first-order valence-electron chi connectivity index (χ1n) is 9.30. The molecule has 3 heteroatoms. The van der Waals surface area contributed by atoms with E-state index in [0.29, 0.717) is 36.1 Å². The van der Waals surface area contributed by atoms with E-state index in [9.17, 15) is 0 Å². The monoisotopic (exact) mass is 296 g/mol. The van der Waals surface area contributed by atoms with Gasteiger partial charge in [-0.3, -0.25) is 0 Å². The fraction of sp³-hybridized carbons (Fsp3) is 1.00. The first-order chi connectivity index (χ1) is 10.1. The largest absolute Gasteiger partial charge is 0.375 e. The Morgan fingerprint density at radius 3 is 1.57 bits per heavy atom. The molecule has 124 valence electrons. The molecule has 0 saturated heterocycles. The van der Waals surface area contributed by atoms with Crippen LogP contribution < -0.4 is 11.5 Å². The van der Waals surface area contributed by atoms with Crippen LogP contribution in [-0.2, 0) is 4.74 Å². The van der Waals surface area contributed by atoms with Gasteiger partial charge in [-0.25, -0.2) is 0 Å². The summed E-state index contributed by atoms with van der Waals surface area (Å²) in [7, 11) is 0. The first-order valence-corrected chi connectivity index (χ1v) is 9.30. The molecule has 3 nitrogen and oxygen atoms in total. The minimum atomic E-state index is 0.400. The summed E-state index contributed by atoms with van der Waals surface area (Å²) in [6.07, 6.45) is 12.8. The highest BCUT2D eigenvalue weighted by Gasteiger charge is 2.33. The van der Waals surface area contributed by atoms with Crippen molar-refractivity contribution in [3.05, 3.63) is 0 Å². The van der Waals surface area contributed by atoms with Gasteiger partial charge in [0.2, 0.25) is 0 Å². The Balaban J connectivity index is 1.81. The summed E-state index contributed by atoms with van der Waals surface area (Å²) in [6, 6.07) is 0.801. The summed E-state index contributed by atoms with van der Waals surface area (Å²) < 4.78 is 6.47. The number of hydrogen-bond acceptors (Lipinski definition) is 3. The van der Waals surface area contributed by atoms with Crippen molar-refractivity contribution in [1.82, 2.24) is 0 Å². The van der Waals surface area contributed by atoms with Crippen LogP contribution in [0.3, 0.4) is 0 Å². The lowest BCUT2D eigenvalue weighted by molar-refractivity contribution is -0.0690. The summed E-state index contributed by atoms with van der Waals surface area (Å²) in [5.41, 5.74) is 12.5. The van der Waals surface area contributed by atoms with Crippen LogP contribution in [-0.4, -0.2) is 24.3 Å². The van der Waals surface area contributed by atoms with Crippen molar-refractivity contribution in [3.8, 4) is 0 Å². The molecule has 4 N–H and O–H groups in total. The molecular weight excluding hydrogens is 260 g/mol. The van der Waals surface area contributed by atoms with Gasteiger partial charge < -0.3 is 16.2 Å². The second-order valence-electron chi connectivity index (χ2n) is 7.43. The zero-order valence-electron chi connectivity index (χ0n) is 14.1. The molecule has 0 radical (unpaired) electrons. The number of nitrogens with two attached hydrogens (primary N) is 2. The Kier molecular flexibility index (Phi) is 6.97. The van der Waals surface area contributed by atoms with Gasteiger partial charge in [0.15, 0.2) is 0 Å². The van der Waals surface area contributed by atoms with Crippen LogP contribution in [0, 0.1) is 11.8 Å². The van der Waals surface area contributed by atoms with Crippen LogP contribution in [0.2, 0.25) is 0 Å². The van der Waals surface area contributed by atoms with Crippen LogP contribution in [0.15, 0.2) is 0 Å². The third-order valence-electron chi connectivity index (χ3n) is 5.69. The maximum Gasteiger partial charge on any atom is 0.0582 e. The molecule has 2 aliphatic rings. The second-order valence-corrected chi connectivity index (χ2v) is 7.43. The van der Waals surface area contributed by atoms with Crippen molar-refractivity contribution in [3.63, 3.8) is 0 Å². The molecule has 2 saturated carbocycles. The van der Waals surface area contributed by atoms with Crippen LogP contribution in [0.4, 0.5) is 0 Å². The third kappa shape index (κ3) is 4.94. The highest BCUT2D eigenvalue weighted by Crippen LogP contribution is 2.34. The van der Waals surface area contributed by atoms with Gasteiger partial charge in [-0.2, -0.15) is 0 Å². The van der Waals surface area contributed by atoms with E-state index in [-0.39, 0.29) is 0 Å². The van der Waals surface area contributed by atoms with Gasteiger partial charge >= 0.3 is 0 Å². The summed E-state index contributed by atoms with van der Waals surface area (Å²) in [6.45, 7) is 4.52. The van der Waals surface area contributed by atoms with Gasteiger partial charge in [0.05, 0.1) is 12.2 Å². The van der Waals surface area contributed by atoms with E-state index in [1.165, 1.54) is 38.5 Å². The standard InChI is InChI=1S/C18H36N2O/c1-3-5-13-11-15(7-9-17(13)19)21-16-8-10-18(20)14(12-16)6-4-2/h13-18H,3-12,19-20H2,1-2H3. The minimum absolute atomic E-state index is 0.400. The van der Waals surface area contributed by atoms with Crippen molar-refractivity contribution < 1.29 is 4.74 Å². The topological polar surface area (TPSA) is 61.3 Å². The van der Waals surface area contributed by atoms with E-state index >= 15 is 0 Å². The quantitative estimate of drug-likeness (QED) is 0.787. The smallest absolute Gasteiger partial charge is 0.0582 e. The Bertz CT molecular complexity index is 269. The average Bonchev–Trinajstić information content (AvgIpc) is 2.47. The second kappa shape index (κ2) is 8.50. The molecular formula is C18H36N2O. The molecule has 6 unspecified atom stereocenters. The lowest BCUT2D eigenvalue weighted by Gasteiger charge is -2.39. The van der Waals surface area contributed by atoms with Gasteiger partial charge in [0.1, 0.15) is 0 Å². The van der Waals surface area contributed by atoms with E-state index in [0.717, 1.165) is 25.7 Å². The molecule has 0 aromatic rings. The van der Waals surface area contributed by atoms with E-state index in [4.69, 9.17) is 16.2 Å². The summed E-state index contributed by atoms with van der Waals surface area (Å²) in [5.74, 6) is 1.34. The lowest BCUT2D eigenvalue weighted by Crippen LogP contribution is -2.43. The maximum atomic E-state index is 6.47. The molecule has 0 bridgehead atoms. The molecule has 21 heavy (non-hydrogen) atoms. The van der Waals surface area contributed by atoms with E-state index in [2.05, 4.69) is 13.8 Å². The van der Waals surface area contributed by atoms with Crippen molar-refractivity contribution in [1.29, 1.82) is 0 Å². The average molecular weight is 296 g/mol. The van der Waals surface area contributed by atoms with Crippen LogP contribution >= 0.6 is 0 Å². The normalized spacial score (nSPS) is 41.1. The Morgan fingerprint density at radius 1 is 0.762 bits per heavy atom. The van der Waals surface area contributed by atoms with E-state index < -0.39 is 0 Å². The van der Waals surface area contributed by atoms with Gasteiger partial charge in [-0.15, -0.1) is 0 Å². The third-order valence-corrected chi connectivity index (χ3v) is 5.69. The molecule has 0 heterocycles. The molecule has 0 spiro atoms. The fourth-order valence-electron chi connectivity index (χ4n) is 4.41. The van der Waals surface area contributed by atoms with Crippen molar-refractivity contribution >= 4 is 0 Å². The highest BCUT2D eigenvalue weighted by atomic mass is 16.5. The molecule has 0 aliphatic heterocycles. The molecule has 0 aromatic heterocycles. The Labute approximate surface area is 131 Å². The number of hydrogen-bond donors (Lipinski definition) is 2. The number of rotatable bonds is 6. The van der Waals surface area contributed by atoms with E-state index in [1.807, 2.05) is 0 Å². The van der Waals surface area contributed by atoms with Crippen molar-refractivity contribution in [2.75, 3.05) is 0 Å². The summed E-state index contributed by atoms with van der Waals surface area (Å²) in [4.78, 5) is 0. The summed E-state index contributed by atoms with van der Waals surface area (Å²) >= 11 is 0. The van der Waals surface area contributed by atoms with E-state index in [1.54, 1.807) is 0 Å². The summed E-state index contributed by atoms with van der Waals surface area (Å²) in [5, 5.41) is 0. The molecule has 2 fully saturated rings. The predicted molar refractivity (Wildman–Crippen MR) is 89.1 cm³/mol. The molecule has 0 aromatic carbocycles. The lowest BCUT2D eigenvalue weighted by atomic mass is 9.79. The highest BCUT2D eigenvalue weighted by molar-refractivity contribution is 4.86. The zero-order valence-corrected chi connectivity index (χ0v) is 14.1. The molecule has 0 amide bonds. The SMILES string of the molecule is CCCC1CC(OC2CCC(N)C(CCC)C2)CCC1N. The van der Waals surface area contributed by atoms with Gasteiger partial charge in [-0.05, 0) is 63.2 Å². The fourth-order valence-corrected chi connectivity index (χ4v) is 4.41.